The molecule has 0 unspecified atom stereocenters. The fourth-order valence-corrected chi connectivity index (χ4v) is 1.25. The van der Waals surface area contributed by atoms with Crippen molar-refractivity contribution >= 4 is 33.3 Å². The summed E-state index contributed by atoms with van der Waals surface area (Å²) in [4.78, 5) is 13.7. The summed E-state index contributed by atoms with van der Waals surface area (Å²) in [6, 6.07) is 6.28. The maximum Gasteiger partial charge on any atom is 0.348 e. The van der Waals surface area contributed by atoms with Gasteiger partial charge in [-0.3, -0.25) is 4.94 Å². The lowest BCUT2D eigenvalue weighted by Crippen LogP contribution is -2.30. The maximum atomic E-state index is 11.5. The summed E-state index contributed by atoms with van der Waals surface area (Å²) in [5, 5.41) is -0.948. The standard InChI is InChI=1S/C9H6B2ClFO2/c10-9(11,5-8(14)15-13)6-1-3-7(12)4-2-6/h1-4H,5H2. The van der Waals surface area contributed by atoms with Crippen LogP contribution < -0.4 is 0 Å². The predicted molar refractivity (Wildman–Crippen MR) is 56.5 cm³/mol. The lowest BCUT2D eigenvalue weighted by molar-refractivity contribution is -0.183. The highest BCUT2D eigenvalue weighted by molar-refractivity contribution is 6.41. The normalized spacial score (nSPS) is 11.1. The third-order valence-corrected chi connectivity index (χ3v) is 2.16. The van der Waals surface area contributed by atoms with E-state index in [1.54, 1.807) is 24.3 Å². The topological polar surface area (TPSA) is 26.3 Å². The molecule has 0 spiro atoms. The SMILES string of the molecule is [B]C([B])(CC(=O)OF)c1ccc(Cl)cc1. The van der Waals surface area contributed by atoms with E-state index in [4.69, 9.17) is 27.3 Å². The van der Waals surface area contributed by atoms with Gasteiger partial charge in [0.2, 0.25) is 0 Å². The number of carbonyl (C=O) groups is 1. The zero-order valence-corrected chi connectivity index (χ0v) is 8.50. The Balaban J connectivity index is 2.85. The largest absolute Gasteiger partial charge is 0.348 e. The van der Waals surface area contributed by atoms with Crippen LogP contribution in [0, 0.1) is 0 Å². The van der Waals surface area contributed by atoms with Gasteiger partial charge in [0.05, 0.1) is 15.7 Å². The molecule has 0 bridgehead atoms. The van der Waals surface area contributed by atoms with Gasteiger partial charge >= 0.3 is 5.97 Å². The summed E-state index contributed by atoms with van der Waals surface area (Å²) in [7, 11) is 11.3. The van der Waals surface area contributed by atoms with E-state index in [0.717, 1.165) is 0 Å². The van der Waals surface area contributed by atoms with Crippen LogP contribution in [-0.4, -0.2) is 21.7 Å². The van der Waals surface area contributed by atoms with Gasteiger partial charge in [0, 0.05) is 16.0 Å². The van der Waals surface area contributed by atoms with E-state index in [-0.39, 0.29) is 0 Å². The second-order valence-corrected chi connectivity index (χ2v) is 3.61. The average molecular weight is 222 g/mol. The maximum absolute atomic E-state index is 11.5. The summed E-state index contributed by atoms with van der Waals surface area (Å²) in [6.45, 7) is 0. The molecule has 0 amide bonds. The Kier molecular flexibility index (Phi) is 3.80. The van der Waals surface area contributed by atoms with Gasteiger partial charge in [-0.2, -0.15) is 0 Å². The van der Waals surface area contributed by atoms with E-state index in [1.807, 2.05) is 0 Å². The van der Waals surface area contributed by atoms with E-state index in [1.165, 1.54) is 0 Å². The Labute approximate surface area is 94.5 Å². The van der Waals surface area contributed by atoms with Crippen LogP contribution in [0.15, 0.2) is 24.3 Å². The van der Waals surface area contributed by atoms with Crippen LogP contribution in [0.1, 0.15) is 12.0 Å². The van der Waals surface area contributed by atoms with Gasteiger partial charge in [-0.05, 0) is 12.1 Å². The van der Waals surface area contributed by atoms with Crippen LogP contribution in [-0.2, 0) is 14.9 Å². The van der Waals surface area contributed by atoms with Crippen LogP contribution in [0.3, 0.4) is 0 Å². The number of rotatable bonds is 3. The van der Waals surface area contributed by atoms with Gasteiger partial charge in [-0.1, -0.05) is 34.5 Å². The van der Waals surface area contributed by atoms with Crippen LogP contribution in [0.2, 0.25) is 5.02 Å². The number of halogens is 2. The first-order chi connectivity index (χ1) is 6.95. The molecule has 4 radical (unpaired) electrons. The minimum atomic E-state index is -1.46. The number of benzene rings is 1. The highest BCUT2D eigenvalue weighted by Gasteiger charge is 2.24. The van der Waals surface area contributed by atoms with Crippen LogP contribution in [0.4, 0.5) is 4.53 Å². The molecule has 1 aromatic rings. The Morgan fingerprint density at radius 2 is 1.93 bits per heavy atom. The Hall–Kier alpha value is -0.960. The smallest absolute Gasteiger partial charge is 0.255 e. The first kappa shape index (κ1) is 12.1. The van der Waals surface area contributed by atoms with Gasteiger partial charge in [0.15, 0.2) is 0 Å². The highest BCUT2D eigenvalue weighted by Crippen LogP contribution is 2.23. The van der Waals surface area contributed by atoms with Gasteiger partial charge in [-0.25, -0.2) is 4.79 Å². The van der Waals surface area contributed by atoms with E-state index in [0.29, 0.717) is 10.6 Å². The lowest BCUT2D eigenvalue weighted by atomic mass is 9.49. The Morgan fingerprint density at radius 3 is 2.40 bits per heavy atom. The van der Waals surface area contributed by atoms with Crippen molar-refractivity contribution in [2.75, 3.05) is 0 Å². The molecule has 0 aliphatic carbocycles. The van der Waals surface area contributed by atoms with Crippen LogP contribution in [0.5, 0.6) is 0 Å². The summed E-state index contributed by atoms with van der Waals surface area (Å²) in [5.74, 6) is -1.12. The molecule has 2 nitrogen and oxygen atoms in total. The van der Waals surface area contributed by atoms with E-state index >= 15 is 0 Å². The van der Waals surface area contributed by atoms with Gasteiger partial charge in [0.25, 0.3) is 0 Å². The van der Waals surface area contributed by atoms with Gasteiger partial charge in [0.1, 0.15) is 0 Å². The Morgan fingerprint density at radius 1 is 1.40 bits per heavy atom. The molecule has 1 rings (SSSR count). The van der Waals surface area contributed by atoms with Crippen molar-refractivity contribution in [2.45, 2.75) is 11.6 Å². The van der Waals surface area contributed by atoms with Gasteiger partial charge in [-0.15, -0.1) is 0 Å². The van der Waals surface area contributed by atoms with Crippen molar-refractivity contribution < 1.29 is 14.3 Å². The molecule has 0 fully saturated rings. The van der Waals surface area contributed by atoms with Crippen molar-refractivity contribution in [3.8, 4) is 0 Å². The molecule has 0 aliphatic heterocycles. The summed E-state index contributed by atoms with van der Waals surface area (Å²) in [6.07, 6.45) is -0.453. The molecular formula is C9H6B2ClFO2. The van der Waals surface area contributed by atoms with Crippen molar-refractivity contribution in [1.29, 1.82) is 0 Å². The third-order valence-electron chi connectivity index (χ3n) is 1.90. The fraction of sp³-hybridized carbons (Fsp3) is 0.222. The molecule has 15 heavy (non-hydrogen) atoms. The molecular weight excluding hydrogens is 216 g/mol. The zero-order chi connectivity index (χ0) is 11.5. The van der Waals surface area contributed by atoms with Crippen LogP contribution >= 0.6 is 11.6 Å². The van der Waals surface area contributed by atoms with Gasteiger partial charge < -0.3 is 0 Å². The third kappa shape index (κ3) is 3.27. The molecule has 0 N–H and O–H groups in total. The van der Waals surface area contributed by atoms with Crippen molar-refractivity contribution in [1.82, 2.24) is 0 Å². The summed E-state index contributed by atoms with van der Waals surface area (Å²) < 4.78 is 11.5. The molecule has 1 aromatic carbocycles. The number of carbonyl (C=O) groups excluding carboxylic acids is 1. The monoisotopic (exact) mass is 222 g/mol. The molecule has 0 aromatic heterocycles. The molecule has 0 heterocycles. The molecule has 6 heteroatoms. The van der Waals surface area contributed by atoms with E-state index in [9.17, 15) is 9.32 Å². The Bertz CT molecular complexity index is 354. The minimum absolute atomic E-state index is 0.453. The van der Waals surface area contributed by atoms with E-state index < -0.39 is 17.6 Å². The first-order valence-corrected chi connectivity index (χ1v) is 4.49. The second-order valence-electron chi connectivity index (χ2n) is 3.17. The molecule has 0 saturated carbocycles. The molecule has 0 atom stereocenters. The molecule has 0 saturated heterocycles. The second kappa shape index (κ2) is 4.71. The predicted octanol–water partition coefficient (Wildman–Crippen LogP) is 1.65. The van der Waals surface area contributed by atoms with Crippen molar-refractivity contribution in [3.05, 3.63) is 34.9 Å². The molecule has 74 valence electrons. The van der Waals surface area contributed by atoms with Crippen molar-refractivity contribution in [3.63, 3.8) is 0 Å². The van der Waals surface area contributed by atoms with E-state index in [2.05, 4.69) is 4.94 Å². The van der Waals surface area contributed by atoms with Crippen LogP contribution in [0.25, 0.3) is 0 Å². The fourth-order valence-electron chi connectivity index (χ4n) is 1.13. The summed E-state index contributed by atoms with van der Waals surface area (Å²) >= 11 is 5.66. The number of hydrogen-bond donors (Lipinski definition) is 0. The first-order valence-electron chi connectivity index (χ1n) is 4.11. The average Bonchev–Trinajstić information content (AvgIpc) is 2.17. The number of hydrogen-bond acceptors (Lipinski definition) is 2. The molecule has 0 aliphatic rings. The minimum Gasteiger partial charge on any atom is -0.255 e. The lowest BCUT2D eigenvalue weighted by Gasteiger charge is -2.24. The summed E-state index contributed by atoms with van der Waals surface area (Å²) in [5.41, 5.74) is 0.470. The highest BCUT2D eigenvalue weighted by atomic mass is 35.5. The quantitative estimate of drug-likeness (QED) is 0.727. The van der Waals surface area contributed by atoms with Crippen molar-refractivity contribution in [2.24, 2.45) is 0 Å². The zero-order valence-electron chi connectivity index (χ0n) is 7.74.